The summed E-state index contributed by atoms with van der Waals surface area (Å²) in [5.74, 6) is 0. The minimum absolute atomic E-state index is 0.168. The summed E-state index contributed by atoms with van der Waals surface area (Å²) in [7, 11) is 7.87. The molecule has 6 nitrogen and oxygen atoms in total. The maximum atomic E-state index is 6.51. The van der Waals surface area contributed by atoms with Crippen LogP contribution >= 0.6 is 0 Å². The fraction of sp³-hybridized carbons (Fsp3) is 0.636. The lowest BCUT2D eigenvalue weighted by Gasteiger charge is -2.35. The molecule has 2 aromatic rings. The van der Waals surface area contributed by atoms with Gasteiger partial charge >= 0.3 is 14.2 Å². The molecular formula is C33H50B2N2O4. The molecule has 2 heterocycles. The highest BCUT2D eigenvalue weighted by Crippen LogP contribution is 2.53. The number of benzene rings is 2. The monoisotopic (exact) mass is 560 g/mol. The molecule has 0 saturated carbocycles. The molecule has 5 rings (SSSR count). The van der Waals surface area contributed by atoms with Gasteiger partial charge in [-0.1, -0.05) is 36.4 Å². The Balaban J connectivity index is 1.63. The van der Waals surface area contributed by atoms with Crippen LogP contribution in [-0.2, 0) is 24.0 Å². The average molecular weight is 560 g/mol. The van der Waals surface area contributed by atoms with E-state index in [1.807, 2.05) is 0 Å². The summed E-state index contributed by atoms with van der Waals surface area (Å²) in [6, 6.07) is 13.7. The number of hydrogen-bond donors (Lipinski definition) is 0. The van der Waals surface area contributed by atoms with Crippen molar-refractivity contribution in [1.29, 1.82) is 0 Å². The van der Waals surface area contributed by atoms with E-state index in [2.05, 4.69) is 130 Å². The molecular weight excluding hydrogens is 510 g/mol. The zero-order valence-electron chi connectivity index (χ0n) is 27.5. The van der Waals surface area contributed by atoms with Crippen LogP contribution in [0.25, 0.3) is 11.1 Å². The van der Waals surface area contributed by atoms with Crippen molar-refractivity contribution in [3.63, 3.8) is 0 Å². The van der Waals surface area contributed by atoms with Crippen molar-refractivity contribution >= 4 is 25.2 Å². The Morgan fingerprint density at radius 1 is 0.537 bits per heavy atom. The predicted octanol–water partition coefficient (Wildman–Crippen LogP) is 4.45. The first-order valence-electron chi connectivity index (χ1n) is 15.2. The van der Waals surface area contributed by atoms with E-state index in [0.29, 0.717) is 0 Å². The molecule has 2 fully saturated rings. The lowest BCUT2D eigenvalue weighted by atomic mass is 9.68. The molecule has 2 aromatic carbocycles. The number of hydrogen-bond acceptors (Lipinski definition) is 6. The van der Waals surface area contributed by atoms with E-state index in [4.69, 9.17) is 18.6 Å². The molecule has 2 saturated heterocycles. The van der Waals surface area contributed by atoms with E-state index in [1.165, 1.54) is 22.3 Å². The Morgan fingerprint density at radius 3 is 1.15 bits per heavy atom. The van der Waals surface area contributed by atoms with Crippen molar-refractivity contribution in [2.75, 3.05) is 41.3 Å². The van der Waals surface area contributed by atoms with Gasteiger partial charge in [0, 0.05) is 5.41 Å². The second-order valence-electron chi connectivity index (χ2n) is 15.0. The molecule has 222 valence electrons. The van der Waals surface area contributed by atoms with Crippen molar-refractivity contribution in [1.82, 2.24) is 9.80 Å². The average Bonchev–Trinajstić information content (AvgIpc) is 3.35. The number of nitrogens with zero attached hydrogens (tertiary/aromatic N) is 2. The molecule has 0 atom stereocenters. The molecule has 0 N–H and O–H groups in total. The minimum atomic E-state index is -0.394. The van der Waals surface area contributed by atoms with E-state index in [1.54, 1.807) is 0 Å². The third-order valence-electron chi connectivity index (χ3n) is 10.4. The maximum Gasteiger partial charge on any atom is 0.494 e. The van der Waals surface area contributed by atoms with E-state index >= 15 is 0 Å². The third-order valence-corrected chi connectivity index (χ3v) is 10.4. The first kappa shape index (κ1) is 30.8. The van der Waals surface area contributed by atoms with E-state index in [9.17, 15) is 0 Å². The Kier molecular flexibility index (Phi) is 7.66. The molecule has 0 radical (unpaired) electrons. The van der Waals surface area contributed by atoms with Gasteiger partial charge in [0.25, 0.3) is 0 Å². The molecule has 0 unspecified atom stereocenters. The van der Waals surface area contributed by atoms with Gasteiger partial charge in [-0.3, -0.25) is 0 Å². The van der Waals surface area contributed by atoms with Gasteiger partial charge in [-0.2, -0.15) is 0 Å². The second kappa shape index (κ2) is 10.2. The standard InChI is InChI=1S/C33H50B2N2O4/c1-29(2)30(3,4)39-34(38-29)23-13-15-25-26-16-14-24(35-40-31(5,6)32(7,8)41-35)22-28(26)33(27(25)21-23,17-19-36(9)10)18-20-37(11)12/h13-16,21-22H,17-20H2,1-12H3. The molecule has 41 heavy (non-hydrogen) atoms. The second-order valence-corrected chi connectivity index (χ2v) is 15.0. The van der Waals surface area contributed by atoms with Gasteiger partial charge in [0.15, 0.2) is 0 Å². The van der Waals surface area contributed by atoms with Crippen LogP contribution in [0.2, 0.25) is 0 Å². The summed E-state index contributed by atoms with van der Waals surface area (Å²) in [5, 5.41) is 0. The predicted molar refractivity (Wildman–Crippen MR) is 170 cm³/mol. The SMILES string of the molecule is CN(C)CCC1(CCN(C)C)c2cc(B3OC(C)(C)C(C)(C)O3)ccc2-c2ccc(B3OC(C)(C)C(C)(C)O3)cc21. The summed E-state index contributed by atoms with van der Waals surface area (Å²) in [5.41, 5.74) is 5.81. The van der Waals surface area contributed by atoms with Gasteiger partial charge in [0.1, 0.15) is 0 Å². The normalized spacial score (nSPS) is 23.0. The van der Waals surface area contributed by atoms with Gasteiger partial charge in [-0.25, -0.2) is 0 Å². The molecule has 8 heteroatoms. The Labute approximate surface area is 249 Å². The van der Waals surface area contributed by atoms with E-state index in [0.717, 1.165) is 36.9 Å². The molecule has 1 aliphatic carbocycles. The number of rotatable bonds is 8. The Hall–Kier alpha value is -1.67. The first-order chi connectivity index (χ1) is 18.9. The van der Waals surface area contributed by atoms with Crippen molar-refractivity contribution in [2.24, 2.45) is 0 Å². The summed E-state index contributed by atoms with van der Waals surface area (Å²) in [4.78, 5) is 4.59. The van der Waals surface area contributed by atoms with E-state index in [-0.39, 0.29) is 27.8 Å². The van der Waals surface area contributed by atoms with Gasteiger partial charge in [0.05, 0.1) is 22.4 Å². The number of fused-ring (bicyclic) bond motifs is 3. The fourth-order valence-electron chi connectivity index (χ4n) is 6.27. The first-order valence-corrected chi connectivity index (χ1v) is 15.2. The zero-order chi connectivity index (χ0) is 30.2. The zero-order valence-corrected chi connectivity index (χ0v) is 27.5. The summed E-state index contributed by atoms with van der Waals surface area (Å²) < 4.78 is 26.0. The molecule has 0 spiro atoms. The summed E-state index contributed by atoms with van der Waals surface area (Å²) in [6.45, 7) is 18.9. The quantitative estimate of drug-likeness (QED) is 0.445. The van der Waals surface area contributed by atoms with Crippen LogP contribution in [0.15, 0.2) is 36.4 Å². The third kappa shape index (κ3) is 5.23. The van der Waals surface area contributed by atoms with Crippen molar-refractivity contribution in [3.05, 3.63) is 47.5 Å². The molecule has 0 bridgehead atoms. The van der Waals surface area contributed by atoms with Gasteiger partial charge in [-0.05, 0) is 143 Å². The van der Waals surface area contributed by atoms with Crippen LogP contribution in [0.1, 0.15) is 79.4 Å². The fourth-order valence-corrected chi connectivity index (χ4v) is 6.27. The lowest BCUT2D eigenvalue weighted by molar-refractivity contribution is 0.00578. The maximum absolute atomic E-state index is 6.51. The summed E-state index contributed by atoms with van der Waals surface area (Å²) >= 11 is 0. The van der Waals surface area contributed by atoms with Crippen LogP contribution in [0, 0.1) is 0 Å². The van der Waals surface area contributed by atoms with Gasteiger partial charge in [0.2, 0.25) is 0 Å². The van der Waals surface area contributed by atoms with Crippen LogP contribution < -0.4 is 10.9 Å². The molecule has 0 aromatic heterocycles. The highest BCUT2D eigenvalue weighted by atomic mass is 16.7. The lowest BCUT2D eigenvalue weighted by Crippen LogP contribution is -2.41. The van der Waals surface area contributed by atoms with Crippen molar-refractivity contribution in [3.8, 4) is 11.1 Å². The topological polar surface area (TPSA) is 43.4 Å². The highest BCUT2D eigenvalue weighted by Gasteiger charge is 2.54. The van der Waals surface area contributed by atoms with Crippen LogP contribution in [0.5, 0.6) is 0 Å². The van der Waals surface area contributed by atoms with Crippen molar-refractivity contribution in [2.45, 2.75) is 96.1 Å². The molecule has 2 aliphatic heterocycles. The highest BCUT2D eigenvalue weighted by molar-refractivity contribution is 6.62. The smallest absolute Gasteiger partial charge is 0.399 e. The minimum Gasteiger partial charge on any atom is -0.399 e. The van der Waals surface area contributed by atoms with Crippen LogP contribution in [0.3, 0.4) is 0 Å². The van der Waals surface area contributed by atoms with Gasteiger partial charge < -0.3 is 28.4 Å². The Bertz CT molecular complexity index is 1170. The van der Waals surface area contributed by atoms with Crippen LogP contribution in [0.4, 0.5) is 0 Å². The molecule has 3 aliphatic rings. The van der Waals surface area contributed by atoms with E-state index < -0.39 is 14.2 Å². The van der Waals surface area contributed by atoms with Gasteiger partial charge in [-0.15, -0.1) is 0 Å². The van der Waals surface area contributed by atoms with Crippen molar-refractivity contribution < 1.29 is 18.6 Å². The Morgan fingerprint density at radius 2 is 0.854 bits per heavy atom. The van der Waals surface area contributed by atoms with Crippen LogP contribution in [-0.4, -0.2) is 87.7 Å². The summed E-state index contributed by atoms with van der Waals surface area (Å²) in [6.07, 6.45) is 2.01. The molecule has 0 amide bonds. The largest absolute Gasteiger partial charge is 0.494 e.